The maximum atomic E-state index is 12.3. The van der Waals surface area contributed by atoms with E-state index < -0.39 is 0 Å². The number of nitriles is 1. The van der Waals surface area contributed by atoms with Crippen LogP contribution in [0.15, 0.2) is 24.3 Å². The smallest absolute Gasteiger partial charge is 0.262 e. The second-order valence-corrected chi connectivity index (χ2v) is 7.62. The number of amides is 1. The average molecular weight is 382 g/mol. The summed E-state index contributed by atoms with van der Waals surface area (Å²) in [6, 6.07) is 9.02. The molecule has 0 bridgehead atoms. The number of fused-ring (bicyclic) bond motifs is 1. The molecule has 0 saturated carbocycles. The number of Topliss-reactive ketones (excluding diaryl/α,β-unsaturated/α-hetero) is 1. The van der Waals surface area contributed by atoms with Crippen molar-refractivity contribution in [3.05, 3.63) is 45.8 Å². The molecule has 2 aromatic rings. The lowest BCUT2D eigenvalue weighted by Crippen LogP contribution is -2.20. The zero-order chi connectivity index (χ0) is 19.2. The van der Waals surface area contributed by atoms with E-state index >= 15 is 0 Å². The Morgan fingerprint density at radius 1 is 1.19 bits per heavy atom. The monoisotopic (exact) mass is 382 g/mol. The number of ether oxygens (including phenoxy) is 1. The lowest BCUT2D eigenvalue weighted by atomic mass is 10.1. The molecule has 1 aromatic carbocycles. The number of hydrogen-bond acceptors (Lipinski definition) is 5. The number of anilines is 1. The largest absolute Gasteiger partial charge is 0.484 e. The highest BCUT2D eigenvalue weighted by Crippen LogP contribution is 2.36. The van der Waals surface area contributed by atoms with E-state index in [2.05, 4.69) is 11.4 Å². The number of aryl methyl sites for hydroxylation is 1. The minimum absolute atomic E-state index is 0.0702. The Bertz CT molecular complexity index is 878. The van der Waals surface area contributed by atoms with Crippen LogP contribution >= 0.6 is 11.3 Å². The molecule has 0 radical (unpaired) electrons. The molecular formula is C21H22N2O3S. The zero-order valence-electron chi connectivity index (χ0n) is 15.3. The summed E-state index contributed by atoms with van der Waals surface area (Å²) >= 11 is 1.51. The molecule has 1 aromatic heterocycles. The summed E-state index contributed by atoms with van der Waals surface area (Å²) in [5, 5.41) is 13.0. The van der Waals surface area contributed by atoms with Gasteiger partial charge >= 0.3 is 0 Å². The lowest BCUT2D eigenvalue weighted by molar-refractivity contribution is -0.118. The maximum Gasteiger partial charge on any atom is 0.262 e. The highest BCUT2D eigenvalue weighted by molar-refractivity contribution is 7.16. The van der Waals surface area contributed by atoms with Gasteiger partial charge in [-0.25, -0.2) is 0 Å². The molecule has 0 aliphatic heterocycles. The van der Waals surface area contributed by atoms with Crippen LogP contribution in [0.5, 0.6) is 5.75 Å². The minimum atomic E-state index is -0.295. The van der Waals surface area contributed by atoms with Gasteiger partial charge in [0.25, 0.3) is 5.91 Å². The summed E-state index contributed by atoms with van der Waals surface area (Å²) in [6.07, 6.45) is 5.74. The normalized spacial score (nSPS) is 13.2. The van der Waals surface area contributed by atoms with Crippen molar-refractivity contribution in [2.75, 3.05) is 11.9 Å². The van der Waals surface area contributed by atoms with Gasteiger partial charge in [-0.1, -0.05) is 13.3 Å². The van der Waals surface area contributed by atoms with Crippen LogP contribution in [0, 0.1) is 11.3 Å². The summed E-state index contributed by atoms with van der Waals surface area (Å²) in [5.41, 5.74) is 2.34. The van der Waals surface area contributed by atoms with Crippen LogP contribution in [0.2, 0.25) is 0 Å². The molecule has 6 heteroatoms. The molecule has 0 saturated heterocycles. The van der Waals surface area contributed by atoms with E-state index in [1.165, 1.54) is 22.6 Å². The second kappa shape index (κ2) is 8.83. The molecule has 0 fully saturated rings. The van der Waals surface area contributed by atoms with Gasteiger partial charge < -0.3 is 10.1 Å². The van der Waals surface area contributed by atoms with E-state index in [0.717, 1.165) is 31.2 Å². The Kier molecular flexibility index (Phi) is 6.25. The van der Waals surface area contributed by atoms with Crippen LogP contribution in [-0.4, -0.2) is 18.3 Å². The van der Waals surface area contributed by atoms with Crippen molar-refractivity contribution in [2.24, 2.45) is 0 Å². The number of benzene rings is 1. The van der Waals surface area contributed by atoms with Gasteiger partial charge in [-0.15, -0.1) is 11.3 Å². The molecule has 0 atom stereocenters. The molecule has 1 N–H and O–H groups in total. The number of rotatable bonds is 6. The topological polar surface area (TPSA) is 79.2 Å². The Morgan fingerprint density at radius 3 is 2.63 bits per heavy atom. The van der Waals surface area contributed by atoms with Gasteiger partial charge in [-0.05, 0) is 55.5 Å². The number of carbonyl (C=O) groups is 2. The SMILES string of the molecule is CCC(=O)c1ccc(OCC(=O)Nc2sc3c(c2C#N)CCCCC3)cc1. The predicted molar refractivity (Wildman–Crippen MR) is 105 cm³/mol. The van der Waals surface area contributed by atoms with Gasteiger partial charge in [0.2, 0.25) is 0 Å². The highest BCUT2D eigenvalue weighted by Gasteiger charge is 2.21. The van der Waals surface area contributed by atoms with Crippen molar-refractivity contribution in [2.45, 2.75) is 45.4 Å². The molecule has 0 spiro atoms. The van der Waals surface area contributed by atoms with Crippen molar-refractivity contribution < 1.29 is 14.3 Å². The quantitative estimate of drug-likeness (QED) is 0.589. The van der Waals surface area contributed by atoms with Gasteiger partial charge in [0.15, 0.2) is 12.4 Å². The third kappa shape index (κ3) is 4.55. The number of hydrogen-bond donors (Lipinski definition) is 1. The molecule has 1 heterocycles. The first-order valence-electron chi connectivity index (χ1n) is 9.23. The molecule has 3 rings (SSSR count). The fourth-order valence-corrected chi connectivity index (χ4v) is 4.46. The average Bonchev–Trinajstić information content (AvgIpc) is 2.85. The van der Waals surface area contributed by atoms with Crippen molar-refractivity contribution in [1.82, 2.24) is 0 Å². The summed E-state index contributed by atoms with van der Waals surface area (Å²) in [5.74, 6) is 0.303. The summed E-state index contributed by atoms with van der Waals surface area (Å²) in [4.78, 5) is 25.1. The van der Waals surface area contributed by atoms with E-state index in [-0.39, 0.29) is 18.3 Å². The first-order chi connectivity index (χ1) is 13.1. The van der Waals surface area contributed by atoms with Crippen molar-refractivity contribution in [3.8, 4) is 11.8 Å². The third-order valence-corrected chi connectivity index (χ3v) is 5.86. The predicted octanol–water partition coefficient (Wildman–Crippen LogP) is 4.50. The van der Waals surface area contributed by atoms with Gasteiger partial charge in [-0.3, -0.25) is 9.59 Å². The van der Waals surface area contributed by atoms with Crippen molar-refractivity contribution in [3.63, 3.8) is 0 Å². The maximum absolute atomic E-state index is 12.3. The standard InChI is InChI=1S/C21H22N2O3S/c1-2-18(24)14-8-10-15(11-9-14)26-13-20(25)23-21-17(12-22)16-6-4-3-5-7-19(16)27-21/h8-11H,2-7,13H2,1H3,(H,23,25). The molecule has 140 valence electrons. The van der Waals surface area contributed by atoms with E-state index in [4.69, 9.17) is 4.74 Å². The zero-order valence-corrected chi connectivity index (χ0v) is 16.2. The van der Waals surface area contributed by atoms with E-state index in [1.807, 2.05) is 6.92 Å². The first-order valence-corrected chi connectivity index (χ1v) is 10.0. The fourth-order valence-electron chi connectivity index (χ4n) is 3.20. The molecule has 27 heavy (non-hydrogen) atoms. The summed E-state index contributed by atoms with van der Waals surface area (Å²) in [7, 11) is 0. The first kappa shape index (κ1) is 19.1. The van der Waals surface area contributed by atoms with Gasteiger partial charge in [0.05, 0.1) is 5.56 Å². The molecule has 1 aliphatic carbocycles. The van der Waals surface area contributed by atoms with Gasteiger partial charge in [-0.2, -0.15) is 5.26 Å². The highest BCUT2D eigenvalue weighted by atomic mass is 32.1. The van der Waals surface area contributed by atoms with Crippen LogP contribution in [0.3, 0.4) is 0 Å². The second-order valence-electron chi connectivity index (χ2n) is 6.52. The number of nitrogens with one attached hydrogen (secondary N) is 1. The molecule has 5 nitrogen and oxygen atoms in total. The summed E-state index contributed by atoms with van der Waals surface area (Å²) in [6.45, 7) is 1.67. The van der Waals surface area contributed by atoms with Crippen LogP contribution in [-0.2, 0) is 17.6 Å². The third-order valence-electron chi connectivity index (χ3n) is 4.65. The van der Waals surface area contributed by atoms with Gasteiger partial charge in [0.1, 0.15) is 16.8 Å². The molecule has 1 aliphatic rings. The minimum Gasteiger partial charge on any atom is -0.484 e. The number of carbonyl (C=O) groups excluding carboxylic acids is 2. The summed E-state index contributed by atoms with van der Waals surface area (Å²) < 4.78 is 5.50. The number of nitrogens with zero attached hydrogens (tertiary/aromatic N) is 1. The Hall–Kier alpha value is -2.65. The number of ketones is 1. The molecular weight excluding hydrogens is 360 g/mol. The Balaban J connectivity index is 1.61. The molecule has 0 unspecified atom stereocenters. The van der Waals surface area contributed by atoms with Gasteiger partial charge in [0, 0.05) is 16.9 Å². The van der Waals surface area contributed by atoms with Crippen LogP contribution < -0.4 is 10.1 Å². The van der Waals surface area contributed by atoms with Crippen LogP contribution in [0.1, 0.15) is 59.0 Å². The molecule has 1 amide bonds. The Morgan fingerprint density at radius 2 is 1.93 bits per heavy atom. The van der Waals surface area contributed by atoms with Crippen LogP contribution in [0.25, 0.3) is 0 Å². The van der Waals surface area contributed by atoms with E-state index in [1.54, 1.807) is 24.3 Å². The Labute approximate surface area is 163 Å². The fraction of sp³-hybridized carbons (Fsp3) is 0.381. The van der Waals surface area contributed by atoms with Crippen LogP contribution in [0.4, 0.5) is 5.00 Å². The van der Waals surface area contributed by atoms with Crippen molar-refractivity contribution in [1.29, 1.82) is 5.26 Å². The van der Waals surface area contributed by atoms with E-state index in [0.29, 0.717) is 28.3 Å². The van der Waals surface area contributed by atoms with Crippen molar-refractivity contribution >= 4 is 28.0 Å². The number of thiophene rings is 1. The van der Waals surface area contributed by atoms with E-state index in [9.17, 15) is 14.9 Å². The lowest BCUT2D eigenvalue weighted by Gasteiger charge is -2.07.